The molecule has 46 heavy (non-hydrogen) atoms. The molecule has 0 unspecified atom stereocenters. The number of rotatable bonds is 5. The van der Waals surface area contributed by atoms with Gasteiger partial charge in [-0.15, -0.1) is 0 Å². The van der Waals surface area contributed by atoms with Crippen LogP contribution in [0.5, 0.6) is 0 Å². The summed E-state index contributed by atoms with van der Waals surface area (Å²) in [6.45, 7) is 0. The maximum atomic E-state index is 6.22. The second kappa shape index (κ2) is 10.7. The molecule has 5 nitrogen and oxygen atoms in total. The molecule has 6 aromatic carbocycles. The molecule has 9 rings (SSSR count). The molecular weight excluding hydrogens is 564 g/mol. The summed E-state index contributed by atoms with van der Waals surface area (Å²) in [7, 11) is 0. The van der Waals surface area contributed by atoms with Gasteiger partial charge in [0.1, 0.15) is 5.58 Å². The maximum Gasteiger partial charge on any atom is 0.199 e. The largest absolute Gasteiger partial charge is 0.453 e. The van der Waals surface area contributed by atoms with Gasteiger partial charge in [-0.3, -0.25) is 0 Å². The first kappa shape index (κ1) is 26.1. The van der Waals surface area contributed by atoms with Gasteiger partial charge >= 0.3 is 0 Å². The molecule has 0 amide bonds. The minimum Gasteiger partial charge on any atom is -0.453 e. The zero-order chi connectivity index (χ0) is 30.5. The second-order valence-corrected chi connectivity index (χ2v) is 11.3. The van der Waals surface area contributed by atoms with E-state index in [4.69, 9.17) is 19.4 Å². The predicted molar refractivity (Wildman–Crippen MR) is 186 cm³/mol. The zero-order valence-corrected chi connectivity index (χ0v) is 24.7. The summed E-state index contributed by atoms with van der Waals surface area (Å²) < 4.78 is 8.53. The number of furan rings is 1. The monoisotopic (exact) mass is 590 g/mol. The Morgan fingerprint density at radius 1 is 0.413 bits per heavy atom. The van der Waals surface area contributed by atoms with E-state index in [1.807, 2.05) is 60.7 Å². The first-order valence-electron chi connectivity index (χ1n) is 15.3. The van der Waals surface area contributed by atoms with Crippen LogP contribution in [0.2, 0.25) is 0 Å². The quantitative estimate of drug-likeness (QED) is 0.200. The van der Waals surface area contributed by atoms with Crippen molar-refractivity contribution >= 4 is 32.8 Å². The Kier molecular flexibility index (Phi) is 6.06. The Labute approximate surface area is 265 Å². The predicted octanol–water partition coefficient (Wildman–Crippen LogP) is 10.4. The van der Waals surface area contributed by atoms with E-state index in [1.54, 1.807) is 0 Å². The van der Waals surface area contributed by atoms with Gasteiger partial charge in [0.2, 0.25) is 0 Å². The first-order valence-corrected chi connectivity index (χ1v) is 15.3. The van der Waals surface area contributed by atoms with Crippen LogP contribution in [0.25, 0.3) is 83.9 Å². The minimum absolute atomic E-state index is 0.493. The Hall–Kier alpha value is -6.33. The standard InChI is InChI=1S/C41H26N4O/c1-2-11-27(12-3-1)29-14-10-15-31(25-29)40-42-39(43-41(44-40)38-26-30-13-4-9-20-37(30)46-38)28-21-23-32(24-22-28)45-35-18-7-5-16-33(35)34-17-6-8-19-36(34)45/h1-26H. The highest BCUT2D eigenvalue weighted by Gasteiger charge is 2.17. The lowest BCUT2D eigenvalue weighted by atomic mass is 10.0. The number of hydrogen-bond donors (Lipinski definition) is 0. The van der Waals surface area contributed by atoms with Crippen molar-refractivity contribution in [1.29, 1.82) is 0 Å². The van der Waals surface area contributed by atoms with Gasteiger partial charge in [0, 0.05) is 33.0 Å². The van der Waals surface area contributed by atoms with E-state index in [1.165, 1.54) is 21.8 Å². The van der Waals surface area contributed by atoms with Crippen LogP contribution in [0.1, 0.15) is 0 Å². The maximum absolute atomic E-state index is 6.22. The normalized spacial score (nSPS) is 11.5. The molecule has 0 saturated carbocycles. The van der Waals surface area contributed by atoms with Crippen LogP contribution in [0, 0.1) is 0 Å². The first-order chi connectivity index (χ1) is 22.8. The molecule has 3 aromatic heterocycles. The van der Waals surface area contributed by atoms with Crippen LogP contribution < -0.4 is 0 Å². The molecule has 3 heterocycles. The van der Waals surface area contributed by atoms with E-state index in [-0.39, 0.29) is 0 Å². The number of nitrogens with zero attached hydrogens (tertiary/aromatic N) is 4. The highest BCUT2D eigenvalue weighted by Crippen LogP contribution is 2.34. The van der Waals surface area contributed by atoms with Gasteiger partial charge in [-0.05, 0) is 65.7 Å². The third-order valence-corrected chi connectivity index (χ3v) is 8.47. The van der Waals surface area contributed by atoms with E-state index in [2.05, 4.69) is 102 Å². The fourth-order valence-electron chi connectivity index (χ4n) is 6.27. The van der Waals surface area contributed by atoms with Crippen LogP contribution in [-0.2, 0) is 0 Å². The topological polar surface area (TPSA) is 56.7 Å². The molecular formula is C41H26N4O. The Morgan fingerprint density at radius 3 is 1.74 bits per heavy atom. The number of hydrogen-bond acceptors (Lipinski definition) is 4. The van der Waals surface area contributed by atoms with Crippen molar-refractivity contribution in [1.82, 2.24) is 19.5 Å². The van der Waals surface area contributed by atoms with Crippen molar-refractivity contribution in [3.63, 3.8) is 0 Å². The molecule has 0 aliphatic rings. The molecule has 5 heteroatoms. The van der Waals surface area contributed by atoms with E-state index >= 15 is 0 Å². The van der Waals surface area contributed by atoms with E-state index in [0.717, 1.165) is 38.9 Å². The van der Waals surface area contributed by atoms with Crippen molar-refractivity contribution in [2.75, 3.05) is 0 Å². The van der Waals surface area contributed by atoms with Gasteiger partial charge in [0.05, 0.1) is 11.0 Å². The van der Waals surface area contributed by atoms with Gasteiger partial charge in [-0.25, -0.2) is 15.0 Å². The molecule has 0 saturated heterocycles. The third-order valence-electron chi connectivity index (χ3n) is 8.47. The smallest absolute Gasteiger partial charge is 0.199 e. The fraction of sp³-hybridized carbons (Fsp3) is 0. The highest BCUT2D eigenvalue weighted by atomic mass is 16.3. The summed E-state index contributed by atoms with van der Waals surface area (Å²) in [5, 5.41) is 3.47. The summed E-state index contributed by atoms with van der Waals surface area (Å²) >= 11 is 0. The number of aromatic nitrogens is 4. The van der Waals surface area contributed by atoms with Gasteiger partial charge in [0.25, 0.3) is 0 Å². The van der Waals surface area contributed by atoms with Crippen molar-refractivity contribution < 1.29 is 4.42 Å². The summed E-state index contributed by atoms with van der Waals surface area (Å²) in [4.78, 5) is 14.9. The lowest BCUT2D eigenvalue weighted by Gasteiger charge is -2.10. The lowest BCUT2D eigenvalue weighted by Crippen LogP contribution is -2.00. The number of benzene rings is 6. The van der Waals surface area contributed by atoms with Crippen LogP contribution in [0.3, 0.4) is 0 Å². The summed E-state index contributed by atoms with van der Waals surface area (Å²) in [5.74, 6) is 2.27. The van der Waals surface area contributed by atoms with Crippen molar-refractivity contribution in [3.8, 4) is 51.2 Å². The summed E-state index contributed by atoms with van der Waals surface area (Å²) in [6.07, 6.45) is 0. The lowest BCUT2D eigenvalue weighted by molar-refractivity contribution is 0.625. The van der Waals surface area contributed by atoms with Crippen LogP contribution in [-0.4, -0.2) is 19.5 Å². The molecule has 0 fully saturated rings. The van der Waals surface area contributed by atoms with E-state index < -0.39 is 0 Å². The summed E-state index contributed by atoms with van der Waals surface area (Å²) in [6, 6.07) is 54.1. The average Bonchev–Trinajstić information content (AvgIpc) is 3.72. The average molecular weight is 591 g/mol. The number of para-hydroxylation sites is 3. The van der Waals surface area contributed by atoms with Crippen LogP contribution in [0.15, 0.2) is 162 Å². The molecule has 0 N–H and O–H groups in total. The molecule has 9 aromatic rings. The van der Waals surface area contributed by atoms with Crippen molar-refractivity contribution in [2.45, 2.75) is 0 Å². The van der Waals surface area contributed by atoms with Gasteiger partial charge < -0.3 is 8.98 Å². The molecule has 216 valence electrons. The zero-order valence-electron chi connectivity index (χ0n) is 24.7. The van der Waals surface area contributed by atoms with Crippen molar-refractivity contribution in [3.05, 3.63) is 158 Å². The fourth-order valence-corrected chi connectivity index (χ4v) is 6.27. The van der Waals surface area contributed by atoms with Gasteiger partial charge in [-0.1, -0.05) is 103 Å². The van der Waals surface area contributed by atoms with E-state index in [0.29, 0.717) is 23.2 Å². The molecule has 0 bridgehead atoms. The SMILES string of the molecule is c1ccc(-c2cccc(-c3nc(-c4ccc(-n5c6ccccc6c6ccccc65)cc4)nc(-c4cc5ccccc5o4)n3)c2)cc1. The van der Waals surface area contributed by atoms with Crippen LogP contribution >= 0.6 is 0 Å². The molecule has 0 spiro atoms. The highest BCUT2D eigenvalue weighted by molar-refractivity contribution is 6.09. The minimum atomic E-state index is 0.493. The van der Waals surface area contributed by atoms with Crippen LogP contribution in [0.4, 0.5) is 0 Å². The third kappa shape index (κ3) is 4.45. The Bertz CT molecular complexity index is 2440. The Morgan fingerprint density at radius 2 is 1.00 bits per heavy atom. The second-order valence-electron chi connectivity index (χ2n) is 11.3. The number of fused-ring (bicyclic) bond motifs is 4. The molecule has 0 aliphatic heterocycles. The van der Waals surface area contributed by atoms with Gasteiger partial charge in [-0.2, -0.15) is 0 Å². The molecule has 0 radical (unpaired) electrons. The van der Waals surface area contributed by atoms with Crippen molar-refractivity contribution in [2.24, 2.45) is 0 Å². The molecule has 0 atom stereocenters. The van der Waals surface area contributed by atoms with Gasteiger partial charge in [0.15, 0.2) is 23.2 Å². The molecule has 0 aliphatic carbocycles. The summed E-state index contributed by atoms with van der Waals surface area (Å²) in [5.41, 5.74) is 8.24. The van der Waals surface area contributed by atoms with E-state index in [9.17, 15) is 0 Å². The Balaban J connectivity index is 1.18.